The van der Waals surface area contributed by atoms with Gasteiger partial charge in [-0.05, 0) is 64.2 Å². The minimum absolute atomic E-state index is 0.150. The molecule has 0 aromatic heterocycles. The topological polar surface area (TPSA) is 111 Å². The van der Waals surface area contributed by atoms with Crippen LogP contribution in [0.5, 0.6) is 0 Å². The van der Waals surface area contributed by atoms with Crippen LogP contribution in [0.4, 0.5) is 0 Å². The van der Waals surface area contributed by atoms with Gasteiger partial charge >= 0.3 is 11.9 Å². The number of allylic oxidation sites excluding steroid dienone is 12. The van der Waals surface area contributed by atoms with Crippen LogP contribution in [0.25, 0.3) is 0 Å². The number of carboxylic acids is 1. The van der Waals surface area contributed by atoms with Gasteiger partial charge in [0.1, 0.15) is 13.2 Å². The van der Waals surface area contributed by atoms with Crippen LogP contribution < -0.4 is 5.11 Å². The highest BCUT2D eigenvalue weighted by molar-refractivity contribution is 5.70. The number of quaternary nitrogens is 1. The van der Waals surface area contributed by atoms with Gasteiger partial charge in [-0.1, -0.05) is 408 Å². The van der Waals surface area contributed by atoms with Crippen LogP contribution in [0, 0.1) is 0 Å². The highest BCUT2D eigenvalue weighted by Gasteiger charge is 2.22. The number of carbonyl (C=O) groups is 3. The molecule has 0 aliphatic rings. The van der Waals surface area contributed by atoms with Crippen LogP contribution in [0.1, 0.15) is 412 Å². The van der Waals surface area contributed by atoms with E-state index >= 15 is 0 Å². The van der Waals surface area contributed by atoms with Crippen molar-refractivity contribution in [2.24, 2.45) is 0 Å². The molecule has 0 spiro atoms. The Labute approximate surface area is 602 Å². The number of carboxylic acid groups (broad SMARTS) is 1. The van der Waals surface area contributed by atoms with Gasteiger partial charge in [0.05, 0.1) is 40.3 Å². The van der Waals surface area contributed by atoms with Crippen molar-refractivity contribution < 1.29 is 42.9 Å². The van der Waals surface area contributed by atoms with Gasteiger partial charge in [0.2, 0.25) is 0 Å². The Morgan fingerprint density at radius 3 is 0.876 bits per heavy atom. The smallest absolute Gasteiger partial charge is 0.306 e. The zero-order valence-electron chi connectivity index (χ0n) is 65.0. The molecule has 0 aromatic carbocycles. The lowest BCUT2D eigenvalue weighted by Crippen LogP contribution is -2.44. The van der Waals surface area contributed by atoms with Gasteiger partial charge in [0.15, 0.2) is 12.4 Å². The maximum Gasteiger partial charge on any atom is 0.306 e. The van der Waals surface area contributed by atoms with E-state index in [-0.39, 0.29) is 32.2 Å². The Morgan fingerprint density at radius 2 is 0.588 bits per heavy atom. The quantitative estimate of drug-likeness (QED) is 0.0195. The maximum absolute atomic E-state index is 13.0. The summed E-state index contributed by atoms with van der Waals surface area (Å²) in [5.74, 6) is -2.25. The molecule has 2 unspecified atom stereocenters. The second kappa shape index (κ2) is 78.4. The number of esters is 2. The number of nitrogens with zero attached hydrogens (tertiary/aromatic N) is 1. The van der Waals surface area contributed by atoms with Crippen molar-refractivity contribution in [2.45, 2.75) is 424 Å². The Morgan fingerprint density at radius 1 is 0.320 bits per heavy atom. The zero-order chi connectivity index (χ0) is 70.4. The van der Waals surface area contributed by atoms with E-state index in [0.717, 1.165) is 70.6 Å². The molecule has 0 saturated heterocycles. The number of carbonyl (C=O) groups excluding carboxylic acids is 3. The maximum atomic E-state index is 13.0. The minimum atomic E-state index is -1.62. The van der Waals surface area contributed by atoms with Gasteiger partial charge in [-0.3, -0.25) is 9.59 Å². The van der Waals surface area contributed by atoms with Gasteiger partial charge in [-0.15, -0.1) is 0 Å². The summed E-state index contributed by atoms with van der Waals surface area (Å²) in [7, 11) is 5.95. The van der Waals surface area contributed by atoms with E-state index in [1.807, 2.05) is 21.1 Å². The first-order chi connectivity index (χ1) is 47.6. The number of hydrogen-bond donors (Lipinski definition) is 0. The van der Waals surface area contributed by atoms with Crippen molar-refractivity contribution >= 4 is 17.9 Å². The first-order valence-electron chi connectivity index (χ1n) is 42.1. The number of aliphatic carboxylic acids is 1. The average Bonchev–Trinajstić information content (AvgIpc) is 2.39. The molecular formula is C88H161NO8. The molecule has 0 rings (SSSR count). The fraction of sp³-hybridized carbons (Fsp3) is 0.830. The number of likely N-dealkylation sites (N-methyl/N-ethyl adjacent to an activating group) is 1. The van der Waals surface area contributed by atoms with E-state index in [1.165, 1.54) is 308 Å². The molecule has 0 aromatic rings. The second-order valence-corrected chi connectivity index (χ2v) is 29.8. The van der Waals surface area contributed by atoms with Crippen LogP contribution in [0.2, 0.25) is 0 Å². The van der Waals surface area contributed by atoms with Crippen LogP contribution in [0.15, 0.2) is 72.9 Å². The zero-order valence-corrected chi connectivity index (χ0v) is 65.0. The number of ether oxygens (including phenoxy) is 4. The third-order valence-electron chi connectivity index (χ3n) is 19.0. The largest absolute Gasteiger partial charge is 0.545 e. The molecule has 0 aliphatic carbocycles. The molecule has 9 nitrogen and oxygen atoms in total. The lowest BCUT2D eigenvalue weighted by Gasteiger charge is -2.26. The normalized spacial score (nSPS) is 13.0. The summed E-state index contributed by atoms with van der Waals surface area (Å²) in [4.78, 5) is 37.6. The molecule has 2 atom stereocenters. The Balaban J connectivity index is 3.95. The van der Waals surface area contributed by atoms with Crippen molar-refractivity contribution in [3.8, 4) is 0 Å². The Kier molecular flexibility index (Phi) is 75.8. The van der Waals surface area contributed by atoms with Crippen molar-refractivity contribution in [1.82, 2.24) is 0 Å². The highest BCUT2D eigenvalue weighted by Crippen LogP contribution is 2.20. The van der Waals surface area contributed by atoms with E-state index < -0.39 is 24.3 Å². The molecule has 0 amide bonds. The van der Waals surface area contributed by atoms with Crippen LogP contribution in [-0.2, 0) is 33.3 Å². The lowest BCUT2D eigenvalue weighted by atomic mass is 10.0. The summed E-state index contributed by atoms with van der Waals surface area (Å²) in [5.41, 5.74) is 0. The molecule has 566 valence electrons. The third-order valence-corrected chi connectivity index (χ3v) is 19.0. The first-order valence-corrected chi connectivity index (χ1v) is 42.1. The molecule has 0 saturated carbocycles. The van der Waals surface area contributed by atoms with Crippen LogP contribution >= 0.6 is 0 Å². The average molecular weight is 1360 g/mol. The predicted molar refractivity (Wildman–Crippen MR) is 417 cm³/mol. The van der Waals surface area contributed by atoms with Gasteiger partial charge in [-0.25, -0.2) is 0 Å². The van der Waals surface area contributed by atoms with Crippen LogP contribution in [0.3, 0.4) is 0 Å². The molecule has 0 aliphatic heterocycles. The van der Waals surface area contributed by atoms with E-state index in [2.05, 4.69) is 86.8 Å². The highest BCUT2D eigenvalue weighted by atomic mass is 16.7. The van der Waals surface area contributed by atoms with Crippen molar-refractivity contribution in [3.63, 3.8) is 0 Å². The molecule has 0 fully saturated rings. The number of rotatable bonds is 79. The van der Waals surface area contributed by atoms with Gasteiger partial charge in [0, 0.05) is 12.8 Å². The van der Waals surface area contributed by atoms with E-state index in [4.69, 9.17) is 18.9 Å². The van der Waals surface area contributed by atoms with Gasteiger partial charge in [-0.2, -0.15) is 0 Å². The lowest BCUT2D eigenvalue weighted by molar-refractivity contribution is -0.870. The molecule has 0 N–H and O–H groups in total. The predicted octanol–water partition coefficient (Wildman–Crippen LogP) is 25.8. The van der Waals surface area contributed by atoms with Crippen molar-refractivity contribution in [3.05, 3.63) is 72.9 Å². The number of unbranched alkanes of at least 4 members (excludes halogenated alkanes) is 52. The summed E-state index contributed by atoms with van der Waals surface area (Å²) in [6.07, 6.45) is 103. The third kappa shape index (κ3) is 79.9. The Bertz CT molecular complexity index is 1830. The SMILES string of the molecule is CC/C=C\C/C=C\C/C=C\C/C=C\C/C=C\C/C=C\CCCCCCCCCCCCCCCCCCCCCCC(=O)OC(COC(=O)CCCCCCCCCCCCCCCCCCCCCCCCCCCCCCCCCCC)COC(OCC[N+](C)(C)C)C(=O)[O-]. The minimum Gasteiger partial charge on any atom is -0.545 e. The van der Waals surface area contributed by atoms with E-state index in [1.54, 1.807) is 0 Å². The van der Waals surface area contributed by atoms with Gasteiger partial charge in [0.25, 0.3) is 0 Å². The second-order valence-electron chi connectivity index (χ2n) is 29.8. The standard InChI is InChI=1S/C88H161NO8/c1-6-8-10-12-14-16-18-20-22-24-26-28-30-32-34-36-38-40-41-42-43-44-45-47-49-51-53-55-57-59-61-63-65-67-69-71-73-75-77-79-86(91)97-84(83-96-88(87(92)93)94-81-80-89(3,4)5)82-95-85(90)78-76-74-72-70-68-66-64-62-60-58-56-54-52-50-48-46-39-37-35-33-31-29-27-25-23-21-19-17-15-13-11-9-7-2/h8,10,14,16,20,22,26,28,32,34,38,40,84,88H,6-7,9,11-13,15,17-19,21,23-25,27,29-31,33,35-37,39,41-83H2,1-5H3/b10-8-,16-14-,22-20-,28-26-,34-32-,40-38-. The summed E-state index contributed by atoms with van der Waals surface area (Å²) in [5, 5.41) is 11.9. The Hall–Kier alpha value is -3.27. The molecule has 0 bridgehead atoms. The molecule has 0 radical (unpaired) electrons. The van der Waals surface area contributed by atoms with Crippen molar-refractivity contribution in [1.29, 1.82) is 0 Å². The van der Waals surface area contributed by atoms with Gasteiger partial charge < -0.3 is 33.3 Å². The summed E-state index contributed by atoms with van der Waals surface area (Å²) in [6, 6.07) is 0. The van der Waals surface area contributed by atoms with E-state index in [9.17, 15) is 19.5 Å². The fourth-order valence-corrected chi connectivity index (χ4v) is 12.6. The molecular weight excluding hydrogens is 1200 g/mol. The number of hydrogen-bond acceptors (Lipinski definition) is 8. The van der Waals surface area contributed by atoms with Crippen molar-refractivity contribution in [2.75, 3.05) is 47.5 Å². The monoisotopic (exact) mass is 1360 g/mol. The summed E-state index contributed by atoms with van der Waals surface area (Å²) >= 11 is 0. The summed E-state index contributed by atoms with van der Waals surface area (Å²) in [6.45, 7) is 4.71. The van der Waals surface area contributed by atoms with Crippen LogP contribution in [-0.4, -0.2) is 82.3 Å². The summed E-state index contributed by atoms with van der Waals surface area (Å²) < 4.78 is 22.9. The fourth-order valence-electron chi connectivity index (χ4n) is 12.6. The molecule has 0 heterocycles. The van der Waals surface area contributed by atoms with E-state index in [0.29, 0.717) is 23.9 Å². The molecule has 97 heavy (non-hydrogen) atoms. The molecule has 9 heteroatoms. The first kappa shape index (κ1) is 93.7.